The molecule has 30 heavy (non-hydrogen) atoms. The van der Waals surface area contributed by atoms with Crippen LogP contribution in [0.15, 0.2) is 48.5 Å². The largest absolute Gasteiger partial charge is 0.497 e. The van der Waals surface area contributed by atoms with E-state index in [1.54, 1.807) is 18.1 Å². The van der Waals surface area contributed by atoms with Gasteiger partial charge < -0.3 is 15.0 Å². The van der Waals surface area contributed by atoms with Crippen molar-refractivity contribution >= 4 is 23.4 Å². The molecule has 2 aromatic rings. The third-order valence-corrected chi connectivity index (χ3v) is 5.57. The molecule has 0 aliphatic carbocycles. The van der Waals surface area contributed by atoms with Crippen molar-refractivity contribution in [2.45, 2.75) is 58.7 Å². The number of hydrogen-bond acceptors (Lipinski definition) is 3. The summed E-state index contributed by atoms with van der Waals surface area (Å²) in [6, 6.07) is 14.3. The van der Waals surface area contributed by atoms with Crippen LogP contribution < -0.4 is 10.1 Å². The van der Waals surface area contributed by atoms with Gasteiger partial charge in [-0.05, 0) is 49.1 Å². The summed E-state index contributed by atoms with van der Waals surface area (Å²) in [6.07, 6.45) is 1.49. The highest BCUT2D eigenvalue weighted by molar-refractivity contribution is 6.31. The molecule has 0 bridgehead atoms. The highest BCUT2D eigenvalue weighted by atomic mass is 35.5. The quantitative estimate of drug-likeness (QED) is 0.598. The molecule has 0 spiro atoms. The molecule has 0 aliphatic rings. The molecular formula is C24H31ClN2O3. The number of ether oxygens (including phenoxy) is 1. The van der Waals surface area contributed by atoms with Gasteiger partial charge in [0.15, 0.2) is 0 Å². The fourth-order valence-electron chi connectivity index (χ4n) is 3.19. The lowest BCUT2D eigenvalue weighted by Gasteiger charge is -2.31. The van der Waals surface area contributed by atoms with E-state index >= 15 is 0 Å². The summed E-state index contributed by atoms with van der Waals surface area (Å²) >= 11 is 6.27. The predicted octanol–water partition coefficient (Wildman–Crippen LogP) is 4.61. The molecule has 5 nitrogen and oxygen atoms in total. The molecule has 0 saturated carbocycles. The van der Waals surface area contributed by atoms with Gasteiger partial charge in [0.05, 0.1) is 13.5 Å². The van der Waals surface area contributed by atoms with Gasteiger partial charge in [-0.1, -0.05) is 55.8 Å². The number of nitrogens with zero attached hydrogens (tertiary/aromatic N) is 1. The molecule has 0 saturated heterocycles. The molecule has 162 valence electrons. The minimum atomic E-state index is -0.559. The second kappa shape index (κ2) is 11.6. The number of hydrogen-bond donors (Lipinski definition) is 1. The Labute approximate surface area is 184 Å². The second-order valence-corrected chi connectivity index (χ2v) is 7.79. The lowest BCUT2D eigenvalue weighted by atomic mass is 10.1. The molecule has 2 aromatic carbocycles. The van der Waals surface area contributed by atoms with Crippen molar-refractivity contribution in [1.29, 1.82) is 0 Å². The SMILES string of the molecule is CCC(C)NC(=O)C(CC)N(Cc1ccc(OC)cc1)C(=O)Cc1ccccc1Cl. The van der Waals surface area contributed by atoms with Crippen molar-refractivity contribution in [1.82, 2.24) is 10.2 Å². The molecule has 2 rings (SSSR count). The molecule has 2 unspecified atom stereocenters. The summed E-state index contributed by atoms with van der Waals surface area (Å²) in [5.41, 5.74) is 1.68. The maximum Gasteiger partial charge on any atom is 0.243 e. The van der Waals surface area contributed by atoms with Gasteiger partial charge in [-0.3, -0.25) is 9.59 Å². The summed E-state index contributed by atoms with van der Waals surface area (Å²) in [6.45, 7) is 6.23. The minimum absolute atomic E-state index is 0.0491. The first-order valence-electron chi connectivity index (χ1n) is 10.4. The molecule has 2 amide bonds. The smallest absolute Gasteiger partial charge is 0.243 e. The zero-order chi connectivity index (χ0) is 22.1. The van der Waals surface area contributed by atoms with Crippen molar-refractivity contribution < 1.29 is 14.3 Å². The normalized spacial score (nSPS) is 12.7. The van der Waals surface area contributed by atoms with Gasteiger partial charge in [0, 0.05) is 17.6 Å². The summed E-state index contributed by atoms with van der Waals surface area (Å²) in [7, 11) is 1.61. The third-order valence-electron chi connectivity index (χ3n) is 5.20. The third kappa shape index (κ3) is 6.49. The topological polar surface area (TPSA) is 58.6 Å². The number of methoxy groups -OCH3 is 1. The Balaban J connectivity index is 2.30. The molecule has 0 radical (unpaired) electrons. The van der Waals surface area contributed by atoms with E-state index < -0.39 is 6.04 Å². The van der Waals surface area contributed by atoms with Crippen molar-refractivity contribution in [2.75, 3.05) is 7.11 Å². The molecule has 0 heterocycles. The molecular weight excluding hydrogens is 400 g/mol. The first-order valence-corrected chi connectivity index (χ1v) is 10.7. The van der Waals surface area contributed by atoms with E-state index in [1.165, 1.54) is 0 Å². The van der Waals surface area contributed by atoms with Crippen LogP contribution in [0.25, 0.3) is 0 Å². The van der Waals surface area contributed by atoms with Crippen LogP contribution in [0.2, 0.25) is 5.02 Å². The maximum absolute atomic E-state index is 13.3. The number of halogens is 1. The number of carbonyl (C=O) groups excluding carboxylic acids is 2. The van der Waals surface area contributed by atoms with Crippen molar-refractivity contribution in [3.63, 3.8) is 0 Å². The number of benzene rings is 2. The van der Waals surface area contributed by atoms with Gasteiger partial charge in [-0.25, -0.2) is 0 Å². The Morgan fingerprint density at radius 3 is 2.30 bits per heavy atom. The van der Waals surface area contributed by atoms with Gasteiger partial charge in [-0.2, -0.15) is 0 Å². The summed E-state index contributed by atoms with van der Waals surface area (Å²) in [5.74, 6) is 0.479. The van der Waals surface area contributed by atoms with Crippen LogP contribution >= 0.6 is 11.6 Å². The standard InChI is InChI=1S/C24H31ClN2O3/c1-5-17(3)26-24(29)22(6-2)27(16-18-11-13-20(30-4)14-12-18)23(28)15-19-9-7-8-10-21(19)25/h7-14,17,22H,5-6,15-16H2,1-4H3,(H,26,29). The van der Waals surface area contributed by atoms with E-state index in [2.05, 4.69) is 5.32 Å². The zero-order valence-electron chi connectivity index (χ0n) is 18.2. The van der Waals surface area contributed by atoms with Crippen LogP contribution in [0.5, 0.6) is 5.75 Å². The van der Waals surface area contributed by atoms with Gasteiger partial charge >= 0.3 is 0 Å². The maximum atomic E-state index is 13.3. The van der Waals surface area contributed by atoms with E-state index in [0.717, 1.165) is 23.3 Å². The Morgan fingerprint density at radius 2 is 1.73 bits per heavy atom. The van der Waals surface area contributed by atoms with Crippen LogP contribution in [0, 0.1) is 0 Å². The first kappa shape index (κ1) is 23.7. The molecule has 0 aromatic heterocycles. The molecule has 2 atom stereocenters. The van der Waals surface area contributed by atoms with Crippen LogP contribution in [0.1, 0.15) is 44.7 Å². The lowest BCUT2D eigenvalue weighted by Crippen LogP contribution is -2.51. The summed E-state index contributed by atoms with van der Waals surface area (Å²) in [4.78, 5) is 27.9. The average Bonchev–Trinajstić information content (AvgIpc) is 2.75. The van der Waals surface area contributed by atoms with Crippen LogP contribution in [-0.2, 0) is 22.6 Å². The Bertz CT molecular complexity index is 839. The van der Waals surface area contributed by atoms with Crippen LogP contribution in [0.4, 0.5) is 0 Å². The molecule has 6 heteroatoms. The van der Waals surface area contributed by atoms with Gasteiger partial charge in [0.2, 0.25) is 11.8 Å². The highest BCUT2D eigenvalue weighted by Gasteiger charge is 2.29. The first-order chi connectivity index (χ1) is 14.4. The lowest BCUT2D eigenvalue weighted by molar-refractivity contribution is -0.141. The van der Waals surface area contributed by atoms with Gasteiger partial charge in [-0.15, -0.1) is 0 Å². The van der Waals surface area contributed by atoms with Crippen LogP contribution in [-0.4, -0.2) is 35.9 Å². The zero-order valence-corrected chi connectivity index (χ0v) is 18.9. The molecule has 1 N–H and O–H groups in total. The monoisotopic (exact) mass is 430 g/mol. The fraction of sp³-hybridized carbons (Fsp3) is 0.417. The highest BCUT2D eigenvalue weighted by Crippen LogP contribution is 2.20. The molecule has 0 aliphatic heterocycles. The number of carbonyl (C=O) groups is 2. The number of amides is 2. The number of rotatable bonds is 10. The van der Waals surface area contributed by atoms with Crippen LogP contribution in [0.3, 0.4) is 0 Å². The van der Waals surface area contributed by atoms with Crippen molar-refractivity contribution in [3.05, 3.63) is 64.7 Å². The number of nitrogens with one attached hydrogen (secondary N) is 1. The van der Waals surface area contributed by atoms with E-state index in [0.29, 0.717) is 18.0 Å². The fourth-order valence-corrected chi connectivity index (χ4v) is 3.40. The summed E-state index contributed by atoms with van der Waals surface area (Å²) in [5, 5.41) is 3.56. The second-order valence-electron chi connectivity index (χ2n) is 7.38. The van der Waals surface area contributed by atoms with Crippen molar-refractivity contribution in [2.24, 2.45) is 0 Å². The Hall–Kier alpha value is -2.53. The van der Waals surface area contributed by atoms with Gasteiger partial charge in [0.1, 0.15) is 11.8 Å². The van der Waals surface area contributed by atoms with E-state index in [1.807, 2.05) is 63.2 Å². The average molecular weight is 431 g/mol. The minimum Gasteiger partial charge on any atom is -0.497 e. The predicted molar refractivity (Wildman–Crippen MR) is 121 cm³/mol. The Morgan fingerprint density at radius 1 is 1.07 bits per heavy atom. The van der Waals surface area contributed by atoms with Crippen molar-refractivity contribution in [3.8, 4) is 5.75 Å². The van der Waals surface area contributed by atoms with E-state index in [4.69, 9.17) is 16.3 Å². The Kier molecular flexibility index (Phi) is 9.18. The van der Waals surface area contributed by atoms with E-state index in [-0.39, 0.29) is 24.3 Å². The summed E-state index contributed by atoms with van der Waals surface area (Å²) < 4.78 is 5.22. The molecule has 0 fully saturated rings. The van der Waals surface area contributed by atoms with E-state index in [9.17, 15) is 9.59 Å². The van der Waals surface area contributed by atoms with Gasteiger partial charge in [0.25, 0.3) is 0 Å².